The van der Waals surface area contributed by atoms with Crippen molar-refractivity contribution in [3.05, 3.63) is 29.6 Å². The van der Waals surface area contributed by atoms with Gasteiger partial charge in [-0.15, -0.1) is 12.4 Å². The quantitative estimate of drug-likeness (QED) is 0.898. The van der Waals surface area contributed by atoms with E-state index < -0.39 is 24.7 Å². The SMILES string of the molecule is COc1ccc([C@H](N)CC(F)F)c(F)c1.Cl. The summed E-state index contributed by atoms with van der Waals surface area (Å²) in [5, 5.41) is 0. The Hall–Kier alpha value is -0.940. The summed E-state index contributed by atoms with van der Waals surface area (Å²) in [7, 11) is 1.40. The molecule has 0 aliphatic heterocycles. The molecule has 1 aromatic carbocycles. The summed E-state index contributed by atoms with van der Waals surface area (Å²) in [4.78, 5) is 0. The minimum absolute atomic E-state index is 0. The maximum absolute atomic E-state index is 13.3. The van der Waals surface area contributed by atoms with E-state index >= 15 is 0 Å². The Bertz CT molecular complexity index is 336. The molecule has 1 rings (SSSR count). The van der Waals surface area contributed by atoms with Crippen molar-refractivity contribution >= 4 is 12.4 Å². The van der Waals surface area contributed by atoms with Crippen LogP contribution in [0.4, 0.5) is 13.2 Å². The van der Waals surface area contributed by atoms with Gasteiger partial charge in [-0.1, -0.05) is 6.07 Å². The van der Waals surface area contributed by atoms with Crippen LogP contribution in [-0.4, -0.2) is 13.5 Å². The zero-order valence-electron chi connectivity index (χ0n) is 8.62. The van der Waals surface area contributed by atoms with E-state index in [-0.39, 0.29) is 18.0 Å². The summed E-state index contributed by atoms with van der Waals surface area (Å²) in [6.45, 7) is 0. The second-order valence-corrected chi connectivity index (χ2v) is 3.12. The van der Waals surface area contributed by atoms with Crippen molar-refractivity contribution < 1.29 is 17.9 Å². The molecule has 0 saturated heterocycles. The first-order valence-electron chi connectivity index (χ1n) is 4.41. The number of hydrogen-bond acceptors (Lipinski definition) is 2. The van der Waals surface area contributed by atoms with Gasteiger partial charge in [-0.05, 0) is 6.07 Å². The monoisotopic (exact) mass is 255 g/mol. The zero-order chi connectivity index (χ0) is 11.4. The first kappa shape index (κ1) is 15.1. The van der Waals surface area contributed by atoms with Crippen molar-refractivity contribution in [1.29, 1.82) is 0 Å². The van der Waals surface area contributed by atoms with Crippen LogP contribution in [0.2, 0.25) is 0 Å². The normalized spacial score (nSPS) is 12.1. The lowest BCUT2D eigenvalue weighted by atomic mass is 10.0. The molecule has 2 nitrogen and oxygen atoms in total. The molecule has 0 radical (unpaired) electrons. The highest BCUT2D eigenvalue weighted by Crippen LogP contribution is 2.24. The van der Waals surface area contributed by atoms with E-state index in [0.717, 1.165) is 6.07 Å². The van der Waals surface area contributed by atoms with Crippen molar-refractivity contribution in [2.45, 2.75) is 18.9 Å². The highest BCUT2D eigenvalue weighted by molar-refractivity contribution is 5.85. The minimum Gasteiger partial charge on any atom is -0.497 e. The number of hydrogen-bond donors (Lipinski definition) is 1. The van der Waals surface area contributed by atoms with E-state index in [2.05, 4.69) is 0 Å². The Labute approximate surface area is 98.0 Å². The van der Waals surface area contributed by atoms with E-state index in [1.165, 1.54) is 19.2 Å². The molecule has 16 heavy (non-hydrogen) atoms. The predicted octanol–water partition coefficient (Wildman–Crippen LogP) is 2.91. The zero-order valence-corrected chi connectivity index (χ0v) is 9.44. The predicted molar refractivity (Wildman–Crippen MR) is 57.7 cm³/mol. The Morgan fingerprint density at radius 1 is 1.38 bits per heavy atom. The van der Waals surface area contributed by atoms with Crippen LogP contribution >= 0.6 is 12.4 Å². The number of methoxy groups -OCH3 is 1. The second kappa shape index (κ2) is 6.60. The van der Waals surface area contributed by atoms with Crippen molar-refractivity contribution in [3.63, 3.8) is 0 Å². The first-order valence-corrected chi connectivity index (χ1v) is 4.41. The highest BCUT2D eigenvalue weighted by atomic mass is 35.5. The summed E-state index contributed by atoms with van der Waals surface area (Å²) < 4.78 is 42.2. The largest absolute Gasteiger partial charge is 0.497 e. The van der Waals surface area contributed by atoms with E-state index in [9.17, 15) is 13.2 Å². The molecule has 92 valence electrons. The summed E-state index contributed by atoms with van der Waals surface area (Å²) in [5.41, 5.74) is 5.51. The molecule has 1 atom stereocenters. The smallest absolute Gasteiger partial charge is 0.240 e. The molecular formula is C10H13ClF3NO. The molecule has 0 fully saturated rings. The summed E-state index contributed by atoms with van der Waals surface area (Å²) in [5.74, 6) is -0.289. The molecule has 6 heteroatoms. The summed E-state index contributed by atoms with van der Waals surface area (Å²) >= 11 is 0. The molecule has 0 saturated carbocycles. The lowest BCUT2D eigenvalue weighted by Crippen LogP contribution is -2.15. The van der Waals surface area contributed by atoms with Crippen LogP contribution in [0.25, 0.3) is 0 Å². The average molecular weight is 256 g/mol. The molecule has 0 aliphatic rings. The average Bonchev–Trinajstić information content (AvgIpc) is 2.16. The van der Waals surface area contributed by atoms with Gasteiger partial charge in [-0.25, -0.2) is 13.2 Å². The van der Waals surface area contributed by atoms with Crippen LogP contribution in [0.15, 0.2) is 18.2 Å². The third-order valence-electron chi connectivity index (χ3n) is 2.04. The van der Waals surface area contributed by atoms with Gasteiger partial charge in [0.25, 0.3) is 0 Å². The molecule has 0 bridgehead atoms. The molecule has 0 aromatic heterocycles. The highest BCUT2D eigenvalue weighted by Gasteiger charge is 2.16. The number of alkyl halides is 2. The fourth-order valence-corrected chi connectivity index (χ4v) is 1.25. The molecule has 0 unspecified atom stereocenters. The number of ether oxygens (including phenoxy) is 1. The van der Waals surface area contributed by atoms with E-state index in [1.54, 1.807) is 0 Å². The lowest BCUT2D eigenvalue weighted by molar-refractivity contribution is 0.128. The first-order chi connectivity index (χ1) is 7.04. The molecule has 0 amide bonds. The number of benzene rings is 1. The third-order valence-corrected chi connectivity index (χ3v) is 2.04. The van der Waals surface area contributed by atoms with Crippen molar-refractivity contribution in [2.24, 2.45) is 5.73 Å². The summed E-state index contributed by atoms with van der Waals surface area (Å²) in [6, 6.07) is 2.99. The Kier molecular flexibility index (Phi) is 6.21. The van der Waals surface area contributed by atoms with E-state index in [0.29, 0.717) is 5.75 Å². The van der Waals surface area contributed by atoms with E-state index in [4.69, 9.17) is 10.5 Å². The molecule has 0 aliphatic carbocycles. The topological polar surface area (TPSA) is 35.2 Å². The van der Waals surface area contributed by atoms with Gasteiger partial charge < -0.3 is 10.5 Å². The second-order valence-electron chi connectivity index (χ2n) is 3.12. The maximum atomic E-state index is 13.3. The van der Waals surface area contributed by atoms with Gasteiger partial charge in [-0.3, -0.25) is 0 Å². The van der Waals surface area contributed by atoms with E-state index in [1.807, 2.05) is 0 Å². The van der Waals surface area contributed by atoms with Crippen molar-refractivity contribution in [1.82, 2.24) is 0 Å². The number of rotatable bonds is 4. The molecular weight excluding hydrogens is 243 g/mol. The van der Waals surface area contributed by atoms with Gasteiger partial charge >= 0.3 is 0 Å². The van der Waals surface area contributed by atoms with Crippen LogP contribution in [0, 0.1) is 5.82 Å². The number of halogens is 4. The van der Waals surface area contributed by atoms with Gasteiger partial charge in [-0.2, -0.15) is 0 Å². The Morgan fingerprint density at radius 3 is 2.44 bits per heavy atom. The maximum Gasteiger partial charge on any atom is 0.240 e. The number of nitrogens with two attached hydrogens (primary N) is 1. The molecule has 2 N–H and O–H groups in total. The van der Waals surface area contributed by atoms with Gasteiger partial charge in [0, 0.05) is 24.1 Å². The third kappa shape index (κ3) is 3.90. The molecule has 1 aromatic rings. The fraction of sp³-hybridized carbons (Fsp3) is 0.400. The van der Waals surface area contributed by atoms with Crippen LogP contribution in [0.3, 0.4) is 0 Å². The van der Waals surface area contributed by atoms with Crippen molar-refractivity contribution in [3.8, 4) is 5.75 Å². The standard InChI is InChI=1S/C10H12F3NO.ClH/c1-15-6-2-3-7(8(11)4-6)9(14)5-10(12)13;/h2-4,9-10H,5,14H2,1H3;1H/t9-;/m1./s1. The Balaban J connectivity index is 0.00000225. The fourth-order valence-electron chi connectivity index (χ4n) is 1.25. The van der Waals surface area contributed by atoms with Crippen molar-refractivity contribution in [2.75, 3.05) is 7.11 Å². The summed E-state index contributed by atoms with van der Waals surface area (Å²) in [6.07, 6.45) is -3.09. The van der Waals surface area contributed by atoms with Gasteiger partial charge in [0.1, 0.15) is 11.6 Å². The van der Waals surface area contributed by atoms with Crippen LogP contribution in [0.5, 0.6) is 5.75 Å². The molecule has 0 spiro atoms. The van der Waals surface area contributed by atoms with Gasteiger partial charge in [0.05, 0.1) is 7.11 Å². The van der Waals surface area contributed by atoms with Crippen LogP contribution in [-0.2, 0) is 0 Å². The Morgan fingerprint density at radius 2 is 2.00 bits per heavy atom. The molecule has 0 heterocycles. The van der Waals surface area contributed by atoms with Crippen LogP contribution in [0.1, 0.15) is 18.0 Å². The van der Waals surface area contributed by atoms with Crippen LogP contribution < -0.4 is 10.5 Å². The van der Waals surface area contributed by atoms with Gasteiger partial charge in [0.15, 0.2) is 0 Å². The lowest BCUT2D eigenvalue weighted by Gasteiger charge is -2.12. The van der Waals surface area contributed by atoms with Gasteiger partial charge in [0.2, 0.25) is 6.43 Å². The minimum atomic E-state index is -2.54.